The number of hydrogen-bond acceptors (Lipinski definition) is 15. The number of carbonyl (C=O) groups is 2. The second kappa shape index (κ2) is 44.5. The number of ether oxygens (including phenoxy) is 5. The number of unbranched alkanes of at least 4 members (excludes halogenated alkanes) is 4. The Kier molecular flexibility index (Phi) is 34.5. The van der Waals surface area contributed by atoms with Crippen molar-refractivity contribution in [1.82, 2.24) is 29.2 Å². The standard InChI is InChI=1S/C87H104Cl4F6N8O11S2/c88-67-27-17-61(18-28-67)84(62-19-29-68(89)30-20-62)65-25-35-76-74(56-65)78(100-71-37-44-104(45-38-71)117(108,109)86(92,93)94)58-82(102-76)115-50-9-3-7-15-80(106)98-42-11-48-112-52-41-60-13-5-1-2-6-14-73(55-60)114-54-53-113-49-12-43-99-81(107)16-8-4-10-51-116-83-59-79(101-72-39-46-105(47-40-72)118(110,111)87(95,96)97)75-57-66(26-36-77(75)103-83)85(63-21-31-69(90)32-22-63)64-23-33-70(91)34-24-64/h17-36,56-60,71-73,84-85H,1-16,37-55H2,(H,98,106)(H,99,107)(H,100,102)(H,101,103). The van der Waals surface area contributed by atoms with Crippen LogP contribution in [0.4, 0.5) is 37.7 Å². The first-order chi connectivity index (χ1) is 56.7. The average molecular weight is 1760 g/mol. The lowest BCUT2D eigenvalue weighted by molar-refractivity contribution is -0.122. The van der Waals surface area contributed by atoms with Gasteiger partial charge in [-0.1, -0.05) is 139 Å². The molecule has 2 aromatic heterocycles. The molecule has 2 unspecified atom stereocenters. The molecule has 0 spiro atoms. The molecule has 0 bridgehead atoms. The third-order valence-electron chi connectivity index (χ3n) is 21.9. The smallest absolute Gasteiger partial charge is 0.478 e. The van der Waals surface area contributed by atoms with Crippen LogP contribution in [-0.4, -0.2) is 162 Å². The first-order valence-corrected chi connectivity index (χ1v) is 45.3. The number of sulfonamides is 2. The second-order valence-corrected chi connectivity index (χ2v) is 36.1. The fourth-order valence-electron chi connectivity index (χ4n) is 15.5. The monoisotopic (exact) mass is 1750 g/mol. The van der Waals surface area contributed by atoms with Crippen molar-refractivity contribution < 1.29 is 76.5 Å². The Morgan fingerprint density at radius 3 is 1.21 bits per heavy atom. The molecule has 1 aliphatic carbocycles. The first-order valence-electron chi connectivity index (χ1n) is 40.9. The van der Waals surface area contributed by atoms with Crippen LogP contribution in [0.25, 0.3) is 21.8 Å². The fraction of sp³-hybridized carbons (Fsp3) is 0.494. The summed E-state index contributed by atoms with van der Waals surface area (Å²) in [6.45, 7) is 3.07. The highest BCUT2D eigenvalue weighted by molar-refractivity contribution is 7.90. The molecule has 2 aliphatic heterocycles. The zero-order valence-electron chi connectivity index (χ0n) is 65.9. The maximum absolute atomic E-state index is 13.5. The Morgan fingerprint density at radius 1 is 0.432 bits per heavy atom. The number of benzene rings is 6. The van der Waals surface area contributed by atoms with Gasteiger partial charge in [-0.25, -0.2) is 26.8 Å². The summed E-state index contributed by atoms with van der Waals surface area (Å²) in [5.41, 5.74) is -2.49. The van der Waals surface area contributed by atoms with Crippen molar-refractivity contribution in [2.75, 3.05) is 96.2 Å². The van der Waals surface area contributed by atoms with E-state index >= 15 is 0 Å². The van der Waals surface area contributed by atoms with Gasteiger partial charge in [0.25, 0.3) is 0 Å². The van der Waals surface area contributed by atoms with E-state index in [1.54, 1.807) is 12.1 Å². The Hall–Kier alpha value is -7.28. The van der Waals surface area contributed by atoms with Crippen molar-refractivity contribution in [3.63, 3.8) is 0 Å². The number of fused-ring (bicyclic) bond motifs is 2. The molecule has 2 saturated heterocycles. The normalized spacial score (nSPS) is 16.7. The van der Waals surface area contributed by atoms with Gasteiger partial charge in [0.1, 0.15) is 0 Å². The predicted octanol–water partition coefficient (Wildman–Crippen LogP) is 20.0. The third kappa shape index (κ3) is 26.9. The van der Waals surface area contributed by atoms with E-state index in [0.717, 1.165) is 89.1 Å². The summed E-state index contributed by atoms with van der Waals surface area (Å²) in [5.74, 6) is 0.619. The molecule has 6 aromatic carbocycles. The van der Waals surface area contributed by atoms with Crippen LogP contribution in [-0.2, 0) is 43.8 Å². The van der Waals surface area contributed by atoms with Crippen molar-refractivity contribution >= 4 is 111 Å². The van der Waals surface area contributed by atoms with Crippen LogP contribution in [0.3, 0.4) is 0 Å². The number of alkyl halides is 6. The molecule has 11 rings (SSSR count). The third-order valence-corrected chi connectivity index (χ3v) is 26.2. The van der Waals surface area contributed by atoms with Crippen molar-refractivity contribution in [1.29, 1.82) is 0 Å². The second-order valence-electron chi connectivity index (χ2n) is 30.5. The highest BCUT2D eigenvalue weighted by atomic mass is 35.5. The highest BCUT2D eigenvalue weighted by Gasteiger charge is 2.52. The lowest BCUT2D eigenvalue weighted by Crippen LogP contribution is -2.47. The summed E-state index contributed by atoms with van der Waals surface area (Å²) in [5, 5.41) is 16.9. The average Bonchev–Trinajstić information content (AvgIpc) is 0.780. The van der Waals surface area contributed by atoms with Gasteiger partial charge in [-0.15, -0.1) is 0 Å². The van der Waals surface area contributed by atoms with E-state index in [1.807, 2.05) is 133 Å². The minimum Gasteiger partial charge on any atom is -0.478 e. The van der Waals surface area contributed by atoms with Crippen molar-refractivity contribution in [3.05, 3.63) is 199 Å². The van der Waals surface area contributed by atoms with Gasteiger partial charge in [0.15, 0.2) is 0 Å². The number of carbonyl (C=O) groups excluding carboxylic acids is 2. The molecule has 31 heteroatoms. The summed E-state index contributed by atoms with van der Waals surface area (Å²) < 4.78 is 162. The summed E-state index contributed by atoms with van der Waals surface area (Å²) in [6, 6.07) is 45.1. The number of nitrogens with one attached hydrogen (secondary N) is 4. The number of halogens is 10. The molecule has 2 amide bonds. The maximum atomic E-state index is 13.5. The number of piperidine rings is 2. The Labute approximate surface area is 707 Å². The molecular formula is C87H104Cl4F6N8O11S2. The molecule has 19 nitrogen and oxygen atoms in total. The van der Waals surface area contributed by atoms with E-state index < -0.39 is 31.1 Å². The molecule has 1 saturated carbocycles. The summed E-state index contributed by atoms with van der Waals surface area (Å²) >= 11 is 25.2. The van der Waals surface area contributed by atoms with Gasteiger partial charge in [-0.2, -0.15) is 35.0 Å². The van der Waals surface area contributed by atoms with Gasteiger partial charge < -0.3 is 45.0 Å². The highest BCUT2D eigenvalue weighted by Crippen LogP contribution is 2.42. The quantitative estimate of drug-likeness (QED) is 0.0159. The van der Waals surface area contributed by atoms with Gasteiger partial charge >= 0.3 is 31.1 Å². The number of nitrogens with zero attached hydrogens (tertiary/aromatic N) is 4. The van der Waals surface area contributed by atoms with Crippen molar-refractivity contribution in [2.45, 2.75) is 182 Å². The number of amides is 2. The van der Waals surface area contributed by atoms with Crippen LogP contribution >= 0.6 is 46.4 Å². The van der Waals surface area contributed by atoms with E-state index in [-0.39, 0.29) is 93.7 Å². The summed E-state index contributed by atoms with van der Waals surface area (Å²) in [7, 11) is -10.9. The predicted molar refractivity (Wildman–Crippen MR) is 453 cm³/mol. The largest absolute Gasteiger partial charge is 0.511 e. The van der Waals surface area contributed by atoms with E-state index in [1.165, 1.54) is 19.3 Å². The minimum atomic E-state index is -5.46. The van der Waals surface area contributed by atoms with Crippen LogP contribution in [0.2, 0.25) is 20.1 Å². The Balaban J connectivity index is 0.543. The lowest BCUT2D eigenvalue weighted by atomic mass is 9.84. The Morgan fingerprint density at radius 2 is 0.814 bits per heavy atom. The molecule has 3 aliphatic rings. The number of pyridine rings is 2. The van der Waals surface area contributed by atoms with Crippen molar-refractivity contribution in [3.8, 4) is 11.8 Å². The lowest BCUT2D eigenvalue weighted by Gasteiger charge is -2.32. The number of hydrogen-bond donors (Lipinski definition) is 4. The molecule has 640 valence electrons. The van der Waals surface area contributed by atoms with Crippen LogP contribution in [0.15, 0.2) is 146 Å². The van der Waals surface area contributed by atoms with Gasteiger partial charge in [0.05, 0.1) is 43.6 Å². The molecule has 4 heterocycles. The first kappa shape index (κ1) is 91.5. The fourth-order valence-corrected chi connectivity index (χ4v) is 18.0. The van der Waals surface area contributed by atoms with Crippen LogP contribution in [0, 0.1) is 5.92 Å². The van der Waals surface area contributed by atoms with Gasteiger partial charge in [-0.3, -0.25) is 9.59 Å². The molecule has 4 N–H and O–H groups in total. The molecule has 118 heavy (non-hydrogen) atoms. The van der Waals surface area contributed by atoms with Gasteiger partial charge in [0.2, 0.25) is 23.6 Å². The van der Waals surface area contributed by atoms with Crippen LogP contribution < -0.4 is 30.7 Å². The number of rotatable bonds is 41. The SMILES string of the molecule is O=C(CCCCCOc1cc(NC2CCN(S(=O)(=O)C(F)(F)F)CC2)c2cc(C(c3ccc(Cl)cc3)c3ccc(Cl)cc3)ccc2n1)NCCCOCCOC1CCCCCCC(CCOCCCNC(=O)CCCCCOc2cc(NC3CCN(S(=O)(=O)C(F)(F)F)CC3)c3cc(C(c4ccc(Cl)cc4)c4ccc(Cl)cc4)ccc3n2)C1. The van der Waals surface area contributed by atoms with Crippen molar-refractivity contribution in [2.24, 2.45) is 5.92 Å². The zero-order chi connectivity index (χ0) is 83.7. The van der Waals surface area contributed by atoms with Crippen LogP contribution in [0.1, 0.15) is 186 Å². The van der Waals surface area contributed by atoms with E-state index in [2.05, 4.69) is 21.3 Å². The number of anilines is 2. The molecule has 8 aromatic rings. The zero-order valence-corrected chi connectivity index (χ0v) is 70.6. The molecular weight excluding hydrogens is 1650 g/mol. The van der Waals surface area contributed by atoms with E-state index in [9.17, 15) is 52.8 Å². The van der Waals surface area contributed by atoms with Crippen LogP contribution in [0.5, 0.6) is 11.8 Å². The maximum Gasteiger partial charge on any atom is 0.511 e. The van der Waals surface area contributed by atoms with Gasteiger partial charge in [0, 0.05) is 150 Å². The summed E-state index contributed by atoms with van der Waals surface area (Å²) in [6.07, 6.45) is 15.6. The van der Waals surface area contributed by atoms with E-state index in [0.29, 0.717) is 179 Å². The summed E-state index contributed by atoms with van der Waals surface area (Å²) in [4.78, 5) is 35.4. The number of aromatic nitrogens is 2. The topological polar surface area (TPSA) is 229 Å². The minimum absolute atomic E-state index is 0.0298. The Bertz CT molecular complexity index is 4680. The molecule has 0 radical (unpaired) electrons. The van der Waals surface area contributed by atoms with E-state index in [4.69, 9.17) is 80.1 Å². The molecule has 2 atom stereocenters. The molecule has 3 fully saturated rings. The van der Waals surface area contributed by atoms with Gasteiger partial charge in [-0.05, 0) is 208 Å².